The molecule has 0 aliphatic carbocycles. The number of hydrogen-bond donors (Lipinski definition) is 0. The third-order valence-electron chi connectivity index (χ3n) is 2.94. The van der Waals surface area contributed by atoms with E-state index in [4.69, 9.17) is 0 Å². The van der Waals surface area contributed by atoms with Gasteiger partial charge in [-0.05, 0) is 32.2 Å². The Kier molecular flexibility index (Phi) is 3.38. The van der Waals surface area contributed by atoms with Gasteiger partial charge in [0.2, 0.25) is 0 Å². The number of likely N-dealkylation sites (tertiary alicyclic amines) is 1. The molecule has 0 aromatic rings. The van der Waals surface area contributed by atoms with Crippen LogP contribution in [0.4, 0.5) is 0 Å². The second-order valence-corrected chi connectivity index (χ2v) is 3.89. The normalized spacial score (nSPS) is 33.0. The first kappa shape index (κ1) is 9.05. The molecule has 1 nitrogen and oxygen atoms in total. The van der Waals surface area contributed by atoms with E-state index in [0.29, 0.717) is 0 Å². The Bertz CT molecular complexity index is 111. The first-order valence-electron chi connectivity index (χ1n) is 4.98. The fourth-order valence-electron chi connectivity index (χ4n) is 2.29. The highest BCUT2D eigenvalue weighted by atomic mass is 15.1. The first-order valence-corrected chi connectivity index (χ1v) is 4.98. The quantitative estimate of drug-likeness (QED) is 0.605. The molecule has 1 heteroatoms. The predicted octanol–water partition coefficient (Wildman–Crippen LogP) is 2.52. The van der Waals surface area contributed by atoms with E-state index in [-0.39, 0.29) is 0 Å². The SMILES string of the molecule is CCC[C@@H]1C[C@@H](CC)N(C)C1. The minimum absolute atomic E-state index is 0.881. The van der Waals surface area contributed by atoms with Crippen molar-refractivity contribution in [3.63, 3.8) is 0 Å². The molecule has 1 rings (SSSR count). The summed E-state index contributed by atoms with van der Waals surface area (Å²) in [7, 11) is 2.27. The molecule has 1 saturated heterocycles. The fourth-order valence-corrected chi connectivity index (χ4v) is 2.29. The van der Waals surface area contributed by atoms with Crippen LogP contribution in [0, 0.1) is 5.92 Å². The maximum atomic E-state index is 2.53. The summed E-state index contributed by atoms with van der Waals surface area (Å²) in [5.41, 5.74) is 0. The monoisotopic (exact) mass is 155 g/mol. The topological polar surface area (TPSA) is 3.24 Å². The second kappa shape index (κ2) is 4.10. The summed E-state index contributed by atoms with van der Waals surface area (Å²) in [6.07, 6.45) is 5.56. The summed E-state index contributed by atoms with van der Waals surface area (Å²) in [5, 5.41) is 0. The van der Waals surface area contributed by atoms with E-state index >= 15 is 0 Å². The zero-order chi connectivity index (χ0) is 8.27. The van der Waals surface area contributed by atoms with E-state index in [1.807, 2.05) is 0 Å². The molecule has 1 fully saturated rings. The Labute approximate surface area is 70.8 Å². The van der Waals surface area contributed by atoms with Crippen molar-refractivity contribution >= 4 is 0 Å². The highest BCUT2D eigenvalue weighted by molar-refractivity contribution is 4.81. The second-order valence-electron chi connectivity index (χ2n) is 3.89. The van der Waals surface area contributed by atoms with Crippen molar-refractivity contribution in [3.8, 4) is 0 Å². The molecule has 0 N–H and O–H groups in total. The van der Waals surface area contributed by atoms with Gasteiger partial charge in [0.1, 0.15) is 0 Å². The van der Waals surface area contributed by atoms with Crippen LogP contribution < -0.4 is 0 Å². The molecule has 1 heterocycles. The standard InChI is InChI=1S/C10H21N/c1-4-6-9-7-10(5-2)11(3)8-9/h9-10H,4-8H2,1-3H3/t9-,10-/m1/s1. The van der Waals surface area contributed by atoms with Crippen LogP contribution in [0.25, 0.3) is 0 Å². The van der Waals surface area contributed by atoms with Crippen LogP contribution in [-0.4, -0.2) is 24.5 Å². The van der Waals surface area contributed by atoms with E-state index in [2.05, 4.69) is 25.8 Å². The molecular weight excluding hydrogens is 134 g/mol. The average molecular weight is 155 g/mol. The van der Waals surface area contributed by atoms with E-state index in [1.165, 1.54) is 32.2 Å². The van der Waals surface area contributed by atoms with Crippen molar-refractivity contribution in [2.75, 3.05) is 13.6 Å². The van der Waals surface area contributed by atoms with Crippen LogP contribution in [-0.2, 0) is 0 Å². The molecule has 0 amide bonds. The van der Waals surface area contributed by atoms with Crippen LogP contribution in [0.1, 0.15) is 39.5 Å². The van der Waals surface area contributed by atoms with Gasteiger partial charge in [-0.25, -0.2) is 0 Å². The summed E-state index contributed by atoms with van der Waals surface area (Å²) >= 11 is 0. The van der Waals surface area contributed by atoms with Gasteiger partial charge in [0.05, 0.1) is 0 Å². The van der Waals surface area contributed by atoms with E-state index in [0.717, 1.165) is 12.0 Å². The molecule has 1 aliphatic rings. The smallest absolute Gasteiger partial charge is 0.00928 e. The van der Waals surface area contributed by atoms with E-state index in [9.17, 15) is 0 Å². The molecule has 0 saturated carbocycles. The number of hydrogen-bond acceptors (Lipinski definition) is 1. The highest BCUT2D eigenvalue weighted by Gasteiger charge is 2.26. The number of nitrogens with zero attached hydrogens (tertiary/aromatic N) is 1. The van der Waals surface area contributed by atoms with Gasteiger partial charge in [-0.15, -0.1) is 0 Å². The minimum atomic E-state index is 0.881. The van der Waals surface area contributed by atoms with Gasteiger partial charge in [0.25, 0.3) is 0 Å². The van der Waals surface area contributed by atoms with Gasteiger partial charge in [-0.3, -0.25) is 0 Å². The minimum Gasteiger partial charge on any atom is -0.303 e. The van der Waals surface area contributed by atoms with Crippen molar-refractivity contribution in [2.24, 2.45) is 5.92 Å². The van der Waals surface area contributed by atoms with Gasteiger partial charge in [-0.2, -0.15) is 0 Å². The third-order valence-corrected chi connectivity index (χ3v) is 2.94. The lowest BCUT2D eigenvalue weighted by atomic mass is 10.00. The predicted molar refractivity (Wildman–Crippen MR) is 49.7 cm³/mol. The molecule has 0 spiro atoms. The lowest BCUT2D eigenvalue weighted by molar-refractivity contribution is 0.300. The lowest BCUT2D eigenvalue weighted by Gasteiger charge is -2.16. The molecule has 0 radical (unpaired) electrons. The third kappa shape index (κ3) is 2.19. The van der Waals surface area contributed by atoms with Crippen LogP contribution in [0.2, 0.25) is 0 Å². The molecule has 66 valence electrons. The molecule has 0 aromatic heterocycles. The van der Waals surface area contributed by atoms with Gasteiger partial charge >= 0.3 is 0 Å². The Morgan fingerprint density at radius 3 is 2.55 bits per heavy atom. The summed E-state index contributed by atoms with van der Waals surface area (Å²) in [5.74, 6) is 0.995. The first-order chi connectivity index (χ1) is 5.27. The van der Waals surface area contributed by atoms with Crippen LogP contribution in [0.15, 0.2) is 0 Å². The van der Waals surface area contributed by atoms with Crippen molar-refractivity contribution in [1.82, 2.24) is 4.90 Å². The van der Waals surface area contributed by atoms with E-state index in [1.54, 1.807) is 0 Å². The Morgan fingerprint density at radius 2 is 2.09 bits per heavy atom. The van der Waals surface area contributed by atoms with Crippen molar-refractivity contribution in [1.29, 1.82) is 0 Å². The van der Waals surface area contributed by atoms with Crippen molar-refractivity contribution in [2.45, 2.75) is 45.6 Å². The van der Waals surface area contributed by atoms with Gasteiger partial charge in [0, 0.05) is 12.6 Å². The summed E-state index contributed by atoms with van der Waals surface area (Å²) in [6.45, 7) is 5.93. The molecule has 1 aliphatic heterocycles. The summed E-state index contributed by atoms with van der Waals surface area (Å²) in [6, 6.07) is 0.881. The number of rotatable bonds is 3. The highest BCUT2D eigenvalue weighted by Crippen LogP contribution is 2.26. The van der Waals surface area contributed by atoms with Gasteiger partial charge in [0.15, 0.2) is 0 Å². The van der Waals surface area contributed by atoms with Gasteiger partial charge in [-0.1, -0.05) is 20.3 Å². The van der Waals surface area contributed by atoms with Crippen LogP contribution >= 0.6 is 0 Å². The molecule has 0 bridgehead atoms. The average Bonchev–Trinajstić information content (AvgIpc) is 2.32. The van der Waals surface area contributed by atoms with Crippen molar-refractivity contribution < 1.29 is 0 Å². The molecule has 0 unspecified atom stereocenters. The molecule has 0 aromatic carbocycles. The zero-order valence-corrected chi connectivity index (χ0v) is 8.14. The molecule has 11 heavy (non-hydrogen) atoms. The van der Waals surface area contributed by atoms with E-state index < -0.39 is 0 Å². The van der Waals surface area contributed by atoms with Gasteiger partial charge < -0.3 is 4.90 Å². The zero-order valence-electron chi connectivity index (χ0n) is 8.14. The summed E-state index contributed by atoms with van der Waals surface area (Å²) in [4.78, 5) is 2.53. The summed E-state index contributed by atoms with van der Waals surface area (Å²) < 4.78 is 0. The van der Waals surface area contributed by atoms with Crippen molar-refractivity contribution in [3.05, 3.63) is 0 Å². The maximum absolute atomic E-state index is 2.53. The van der Waals surface area contributed by atoms with Crippen LogP contribution in [0.3, 0.4) is 0 Å². The molecule has 2 atom stereocenters. The Morgan fingerprint density at radius 1 is 1.36 bits per heavy atom. The molecular formula is C10H21N. The maximum Gasteiger partial charge on any atom is 0.00928 e. The Balaban J connectivity index is 2.30. The fraction of sp³-hybridized carbons (Fsp3) is 1.00. The largest absolute Gasteiger partial charge is 0.303 e. The Hall–Kier alpha value is -0.0400. The van der Waals surface area contributed by atoms with Crippen LogP contribution in [0.5, 0.6) is 0 Å². The lowest BCUT2D eigenvalue weighted by Crippen LogP contribution is -2.23.